The van der Waals surface area contributed by atoms with E-state index in [1.807, 2.05) is 12.1 Å². The molecule has 0 fully saturated rings. The highest BCUT2D eigenvalue weighted by Crippen LogP contribution is 2.52. The molecular weight excluding hydrogens is 325 g/mol. The zero-order valence-corrected chi connectivity index (χ0v) is 14.7. The molecule has 0 aromatic heterocycles. The van der Waals surface area contributed by atoms with Crippen LogP contribution in [0, 0.1) is 19.8 Å². The number of aryl methyl sites for hydroxylation is 1. The zero-order chi connectivity index (χ0) is 16.1. The lowest BCUT2D eigenvalue weighted by atomic mass is 9.76. The van der Waals surface area contributed by atoms with Crippen molar-refractivity contribution >= 4 is 28.9 Å². The van der Waals surface area contributed by atoms with Gasteiger partial charge < -0.3 is 5.32 Å². The molecule has 2 aromatic rings. The highest BCUT2D eigenvalue weighted by Gasteiger charge is 2.39. The van der Waals surface area contributed by atoms with Gasteiger partial charge in [-0.2, -0.15) is 0 Å². The van der Waals surface area contributed by atoms with E-state index < -0.39 is 0 Å². The third-order valence-electron chi connectivity index (χ3n) is 5.38. The number of allylic oxidation sites excluding steroid dienone is 2. The molecule has 1 nitrogen and oxygen atoms in total. The number of halogens is 2. The Kier molecular flexibility index (Phi) is 3.66. The molecule has 0 amide bonds. The van der Waals surface area contributed by atoms with Gasteiger partial charge in [0.2, 0.25) is 0 Å². The van der Waals surface area contributed by atoms with Gasteiger partial charge in [0.1, 0.15) is 0 Å². The molecule has 118 valence electrons. The van der Waals surface area contributed by atoms with Crippen molar-refractivity contribution in [2.75, 3.05) is 5.32 Å². The third-order valence-corrected chi connectivity index (χ3v) is 6.22. The Morgan fingerprint density at radius 2 is 1.87 bits per heavy atom. The van der Waals surface area contributed by atoms with E-state index in [9.17, 15) is 0 Å². The van der Waals surface area contributed by atoms with Crippen molar-refractivity contribution in [3.8, 4) is 0 Å². The van der Waals surface area contributed by atoms with Crippen LogP contribution in [0.1, 0.15) is 40.6 Å². The summed E-state index contributed by atoms with van der Waals surface area (Å²) in [6.45, 7) is 4.35. The summed E-state index contributed by atoms with van der Waals surface area (Å²) >= 11 is 12.8. The van der Waals surface area contributed by atoms with Gasteiger partial charge in [0.25, 0.3) is 0 Å². The van der Waals surface area contributed by atoms with E-state index in [2.05, 4.69) is 49.5 Å². The number of hydrogen-bond donors (Lipinski definition) is 1. The summed E-state index contributed by atoms with van der Waals surface area (Å²) in [5.41, 5.74) is 6.40. The van der Waals surface area contributed by atoms with Crippen molar-refractivity contribution in [1.29, 1.82) is 0 Å². The number of fused-ring (bicyclic) bond motifs is 3. The molecule has 1 aliphatic heterocycles. The van der Waals surface area contributed by atoms with Crippen molar-refractivity contribution in [1.82, 2.24) is 0 Å². The molecule has 1 heterocycles. The van der Waals surface area contributed by atoms with Crippen LogP contribution in [-0.2, 0) is 0 Å². The van der Waals surface area contributed by atoms with E-state index in [1.165, 1.54) is 22.4 Å². The van der Waals surface area contributed by atoms with Crippen LogP contribution in [0.5, 0.6) is 0 Å². The first-order chi connectivity index (χ1) is 11.1. The van der Waals surface area contributed by atoms with Crippen LogP contribution in [0.15, 0.2) is 42.5 Å². The van der Waals surface area contributed by atoms with Crippen LogP contribution >= 0.6 is 23.2 Å². The molecular formula is C20H19Cl2N. The topological polar surface area (TPSA) is 12.0 Å². The Morgan fingerprint density at radius 3 is 2.70 bits per heavy atom. The average Bonchev–Trinajstić information content (AvgIpc) is 3.03. The van der Waals surface area contributed by atoms with Crippen molar-refractivity contribution in [2.24, 2.45) is 5.92 Å². The lowest BCUT2D eigenvalue weighted by molar-refractivity contribution is 0.425. The standard InChI is InChI=1S/C20H19Cl2N/c1-11-9-10-15-13-5-3-6-14(13)20(23-19(15)12(11)2)16-7-4-8-17(21)18(16)22/h3-5,7-10,13-14,20,23H,6H2,1-2H3. The molecule has 4 rings (SSSR count). The first kappa shape index (κ1) is 15.1. The highest BCUT2D eigenvalue weighted by atomic mass is 35.5. The lowest BCUT2D eigenvalue weighted by Gasteiger charge is -2.39. The molecule has 3 heteroatoms. The summed E-state index contributed by atoms with van der Waals surface area (Å²) in [5.74, 6) is 0.936. The lowest BCUT2D eigenvalue weighted by Crippen LogP contribution is -2.30. The largest absolute Gasteiger partial charge is 0.377 e. The minimum Gasteiger partial charge on any atom is -0.377 e. The van der Waals surface area contributed by atoms with Gasteiger partial charge in [0, 0.05) is 11.6 Å². The molecule has 1 aliphatic carbocycles. The van der Waals surface area contributed by atoms with Crippen LogP contribution in [0.4, 0.5) is 5.69 Å². The molecule has 3 unspecified atom stereocenters. The van der Waals surface area contributed by atoms with E-state index >= 15 is 0 Å². The van der Waals surface area contributed by atoms with Crippen LogP contribution in [0.25, 0.3) is 0 Å². The fourth-order valence-electron chi connectivity index (χ4n) is 3.99. The molecule has 2 aromatic carbocycles. The van der Waals surface area contributed by atoms with E-state index in [1.54, 1.807) is 0 Å². The second-order valence-corrected chi connectivity index (χ2v) is 7.38. The van der Waals surface area contributed by atoms with Crippen molar-refractivity contribution < 1.29 is 0 Å². The van der Waals surface area contributed by atoms with Gasteiger partial charge >= 0.3 is 0 Å². The number of nitrogens with one attached hydrogen (secondary N) is 1. The number of rotatable bonds is 1. The quantitative estimate of drug-likeness (QED) is 0.587. The predicted octanol–water partition coefficient (Wildman–Crippen LogP) is 6.44. The Morgan fingerprint density at radius 1 is 1.04 bits per heavy atom. The first-order valence-electron chi connectivity index (χ1n) is 8.05. The average molecular weight is 344 g/mol. The molecule has 2 aliphatic rings. The highest BCUT2D eigenvalue weighted by molar-refractivity contribution is 6.42. The van der Waals surface area contributed by atoms with Crippen molar-refractivity contribution in [2.45, 2.75) is 32.2 Å². The van der Waals surface area contributed by atoms with Crippen molar-refractivity contribution in [3.05, 3.63) is 74.8 Å². The monoisotopic (exact) mass is 343 g/mol. The Hall–Kier alpha value is -1.44. The number of benzene rings is 2. The first-order valence-corrected chi connectivity index (χ1v) is 8.80. The smallest absolute Gasteiger partial charge is 0.0645 e. The van der Waals surface area contributed by atoms with E-state index in [0.29, 0.717) is 21.9 Å². The van der Waals surface area contributed by atoms with Crippen LogP contribution in [0.3, 0.4) is 0 Å². The summed E-state index contributed by atoms with van der Waals surface area (Å²) in [6, 6.07) is 10.6. The maximum absolute atomic E-state index is 6.52. The summed E-state index contributed by atoms with van der Waals surface area (Å²) in [7, 11) is 0. The second kappa shape index (κ2) is 5.58. The van der Waals surface area contributed by atoms with Gasteiger partial charge in [0.05, 0.1) is 16.1 Å². The van der Waals surface area contributed by atoms with Crippen molar-refractivity contribution in [3.63, 3.8) is 0 Å². The molecule has 3 atom stereocenters. The Balaban J connectivity index is 1.87. The predicted molar refractivity (Wildman–Crippen MR) is 98.7 cm³/mol. The third kappa shape index (κ3) is 2.29. The molecule has 0 saturated heterocycles. The Labute approximate surface area is 147 Å². The van der Waals surface area contributed by atoms with Gasteiger partial charge in [-0.3, -0.25) is 0 Å². The summed E-state index contributed by atoms with van der Waals surface area (Å²) < 4.78 is 0. The second-order valence-electron chi connectivity index (χ2n) is 6.59. The minimum absolute atomic E-state index is 0.189. The summed E-state index contributed by atoms with van der Waals surface area (Å²) in [4.78, 5) is 0. The van der Waals surface area contributed by atoms with Gasteiger partial charge in [-0.15, -0.1) is 0 Å². The molecule has 0 radical (unpaired) electrons. The SMILES string of the molecule is Cc1ccc2c(c1C)NC(c1cccc(Cl)c1Cl)C1CC=CC21. The Bertz CT molecular complexity index is 810. The van der Waals surface area contributed by atoms with Gasteiger partial charge in [0.15, 0.2) is 0 Å². The maximum atomic E-state index is 6.52. The molecule has 0 spiro atoms. The fourth-order valence-corrected chi connectivity index (χ4v) is 4.41. The minimum atomic E-state index is 0.189. The molecule has 0 saturated carbocycles. The fraction of sp³-hybridized carbons (Fsp3) is 0.300. The van der Waals surface area contributed by atoms with Crippen LogP contribution in [-0.4, -0.2) is 0 Å². The molecule has 0 bridgehead atoms. The normalized spacial score (nSPS) is 25.0. The van der Waals surface area contributed by atoms with E-state index in [-0.39, 0.29) is 6.04 Å². The number of anilines is 1. The summed E-state index contributed by atoms with van der Waals surface area (Å²) in [5, 5.41) is 5.08. The number of hydrogen-bond acceptors (Lipinski definition) is 1. The van der Waals surface area contributed by atoms with E-state index in [4.69, 9.17) is 23.2 Å². The van der Waals surface area contributed by atoms with Crippen LogP contribution in [0.2, 0.25) is 10.0 Å². The molecule has 1 N–H and O–H groups in total. The summed E-state index contributed by atoms with van der Waals surface area (Å²) in [6.07, 6.45) is 5.72. The van der Waals surface area contributed by atoms with Crippen LogP contribution < -0.4 is 5.32 Å². The maximum Gasteiger partial charge on any atom is 0.0645 e. The molecule has 23 heavy (non-hydrogen) atoms. The zero-order valence-electron chi connectivity index (χ0n) is 13.2. The van der Waals surface area contributed by atoms with Gasteiger partial charge in [-0.05, 0) is 54.5 Å². The van der Waals surface area contributed by atoms with Gasteiger partial charge in [-0.1, -0.05) is 59.6 Å². The van der Waals surface area contributed by atoms with Gasteiger partial charge in [-0.25, -0.2) is 0 Å². The van der Waals surface area contributed by atoms with E-state index in [0.717, 1.165) is 12.0 Å².